The van der Waals surface area contributed by atoms with Gasteiger partial charge in [0.2, 0.25) is 0 Å². The SMILES string of the molecule is CC(O)=[Si]([Si](C)(C)C)[Si](C)(C)C. The van der Waals surface area contributed by atoms with Gasteiger partial charge in [-0.25, -0.2) is 0 Å². The molecule has 0 aromatic rings. The van der Waals surface area contributed by atoms with Gasteiger partial charge < -0.3 is 5.11 Å². The van der Waals surface area contributed by atoms with Gasteiger partial charge in [0.05, 0.1) is 20.5 Å². The van der Waals surface area contributed by atoms with Crippen LogP contribution >= 0.6 is 0 Å². The summed E-state index contributed by atoms with van der Waals surface area (Å²) >= 11 is 0. The predicted molar refractivity (Wildman–Crippen MR) is 65.1 cm³/mol. The molecule has 0 fully saturated rings. The predicted octanol–water partition coefficient (Wildman–Crippen LogP) is 2.42. The molecule has 0 heterocycles. The van der Waals surface area contributed by atoms with Crippen LogP contribution in [0, 0.1) is 0 Å². The quantitative estimate of drug-likeness (QED) is 0.706. The standard InChI is InChI=1S/C8H22OSi3/c1-8(9)10(11(2,3)4)12(5,6)7/h9H,1-7H3. The highest BCUT2D eigenvalue weighted by molar-refractivity contribution is 7.60. The van der Waals surface area contributed by atoms with E-state index in [-0.39, 0.29) is 0 Å². The molecule has 4 heteroatoms. The lowest BCUT2D eigenvalue weighted by molar-refractivity contribution is 0.563. The van der Waals surface area contributed by atoms with Crippen molar-refractivity contribution in [1.29, 1.82) is 0 Å². The minimum atomic E-state index is -1.11. The van der Waals surface area contributed by atoms with Gasteiger partial charge in [0.15, 0.2) is 0 Å². The second-order valence-electron chi connectivity index (χ2n) is 5.46. The van der Waals surface area contributed by atoms with E-state index in [0.29, 0.717) is 0 Å². The van der Waals surface area contributed by atoms with Gasteiger partial charge in [0, 0.05) is 7.44 Å². The minimum Gasteiger partial charge on any atom is -0.519 e. The lowest BCUT2D eigenvalue weighted by atomic mass is 10.9. The van der Waals surface area contributed by atoms with Gasteiger partial charge in [-0.05, 0) is 6.92 Å². The molecule has 0 bridgehead atoms. The largest absolute Gasteiger partial charge is 0.519 e. The van der Waals surface area contributed by atoms with Crippen molar-refractivity contribution in [2.24, 2.45) is 0 Å². The van der Waals surface area contributed by atoms with Gasteiger partial charge in [-0.2, -0.15) is 0 Å². The average Bonchev–Trinajstić information content (AvgIpc) is 1.49. The zero-order valence-electron chi connectivity index (χ0n) is 9.45. The Morgan fingerprint density at radius 1 is 0.917 bits per heavy atom. The van der Waals surface area contributed by atoms with E-state index >= 15 is 0 Å². The number of aliphatic hydroxyl groups excluding tert-OH is 1. The summed E-state index contributed by atoms with van der Waals surface area (Å²) in [6.07, 6.45) is 0. The Hall–Kier alpha value is 0.321. The van der Waals surface area contributed by atoms with Crippen LogP contribution < -0.4 is 0 Å². The lowest BCUT2D eigenvalue weighted by Crippen LogP contribution is -2.55. The van der Waals surface area contributed by atoms with E-state index in [1.54, 1.807) is 0 Å². The van der Waals surface area contributed by atoms with Crippen LogP contribution in [-0.4, -0.2) is 33.1 Å². The van der Waals surface area contributed by atoms with Crippen molar-refractivity contribution in [3.8, 4) is 0 Å². The van der Waals surface area contributed by atoms with Crippen molar-refractivity contribution in [2.45, 2.75) is 46.2 Å². The summed E-state index contributed by atoms with van der Waals surface area (Å²) in [5, 5.41) is 10.5. The second-order valence-corrected chi connectivity index (χ2v) is 29.4. The number of hydrogen-bond donors (Lipinski definition) is 1. The maximum atomic E-state index is 9.71. The van der Waals surface area contributed by atoms with Crippen LogP contribution in [0.2, 0.25) is 39.3 Å². The molecular formula is C8H22OSi3. The van der Waals surface area contributed by atoms with E-state index < -0.39 is 22.6 Å². The summed E-state index contributed by atoms with van der Waals surface area (Å²) in [6.45, 7) is 16.3. The first-order valence-electron chi connectivity index (χ1n) is 4.47. The molecule has 0 aromatic carbocycles. The van der Waals surface area contributed by atoms with Crippen molar-refractivity contribution < 1.29 is 5.11 Å². The zero-order valence-corrected chi connectivity index (χ0v) is 12.4. The second kappa shape index (κ2) is 3.59. The third-order valence-electron chi connectivity index (χ3n) is 1.86. The first-order valence-corrected chi connectivity index (χ1v) is 15.0. The molecule has 0 aromatic heterocycles. The lowest BCUT2D eigenvalue weighted by Gasteiger charge is -2.30. The molecule has 0 saturated carbocycles. The monoisotopic (exact) mass is 218 g/mol. The van der Waals surface area contributed by atoms with E-state index in [0.717, 1.165) is 5.35 Å². The molecule has 0 aliphatic rings. The van der Waals surface area contributed by atoms with Gasteiger partial charge in [-0.15, -0.1) is 0 Å². The first-order chi connectivity index (χ1) is 5.07. The molecule has 1 N–H and O–H groups in total. The highest BCUT2D eigenvalue weighted by Gasteiger charge is 2.34. The van der Waals surface area contributed by atoms with Crippen LogP contribution in [0.15, 0.2) is 0 Å². The number of rotatable bonds is 2. The molecular weight excluding hydrogens is 196 g/mol. The Morgan fingerprint density at radius 2 is 1.17 bits per heavy atom. The molecule has 0 aliphatic heterocycles. The van der Waals surface area contributed by atoms with Crippen molar-refractivity contribution in [2.75, 3.05) is 0 Å². The van der Waals surface area contributed by atoms with Crippen molar-refractivity contribution in [1.82, 2.24) is 0 Å². The average molecular weight is 219 g/mol. The molecule has 0 spiro atoms. The molecule has 0 rings (SSSR count). The molecule has 72 valence electrons. The Morgan fingerprint density at radius 3 is 1.17 bits per heavy atom. The van der Waals surface area contributed by atoms with E-state index in [1.165, 1.54) is 0 Å². The van der Waals surface area contributed by atoms with E-state index in [2.05, 4.69) is 39.3 Å². The van der Waals surface area contributed by atoms with Crippen LogP contribution in [0.4, 0.5) is 0 Å². The fourth-order valence-electron chi connectivity index (χ4n) is 2.21. The fraction of sp³-hybridized carbons (Fsp3) is 0.875. The highest BCUT2D eigenvalue weighted by atomic mass is 29.6. The van der Waals surface area contributed by atoms with Gasteiger partial charge in [0.1, 0.15) is 0 Å². The minimum absolute atomic E-state index is 0.543. The van der Waals surface area contributed by atoms with Crippen LogP contribution in [0.5, 0.6) is 0 Å². The zero-order chi connectivity index (χ0) is 10.2. The Labute approximate surface area is 79.6 Å². The van der Waals surface area contributed by atoms with Crippen molar-refractivity contribution in [3.63, 3.8) is 0 Å². The maximum Gasteiger partial charge on any atom is 0.0562 e. The summed E-state index contributed by atoms with van der Waals surface area (Å²) in [5.41, 5.74) is 0. The number of hydrogen-bond acceptors (Lipinski definition) is 1. The summed E-state index contributed by atoms with van der Waals surface area (Å²) in [5.74, 6) is 0. The highest BCUT2D eigenvalue weighted by Crippen LogP contribution is 2.13. The van der Waals surface area contributed by atoms with Crippen LogP contribution in [0.1, 0.15) is 6.92 Å². The summed E-state index contributed by atoms with van der Waals surface area (Å²) < 4.78 is 0. The molecule has 1 nitrogen and oxygen atoms in total. The van der Waals surface area contributed by atoms with E-state index in [4.69, 9.17) is 0 Å². The first kappa shape index (κ1) is 12.3. The number of aliphatic hydroxyl groups is 1. The van der Waals surface area contributed by atoms with Gasteiger partial charge in [-0.3, -0.25) is 0 Å². The fourth-order valence-corrected chi connectivity index (χ4v) is 40.1. The van der Waals surface area contributed by atoms with Gasteiger partial charge in [0.25, 0.3) is 0 Å². The third-order valence-corrected chi connectivity index (χ3v) is 30.3. The molecule has 0 unspecified atom stereocenters. The maximum absolute atomic E-state index is 9.71. The Bertz CT molecular complexity index is 175. The molecule has 12 heavy (non-hydrogen) atoms. The molecule has 0 amide bonds. The summed E-state index contributed by atoms with van der Waals surface area (Å²) in [7, 11) is -2.76. The molecule has 0 aliphatic carbocycles. The van der Waals surface area contributed by atoms with Gasteiger partial charge >= 0.3 is 0 Å². The molecule has 0 saturated heterocycles. The summed E-state index contributed by atoms with van der Waals surface area (Å²) in [4.78, 5) is 0. The summed E-state index contributed by atoms with van der Waals surface area (Å²) in [6, 6.07) is 0. The smallest absolute Gasteiger partial charge is 0.0562 e. The Kier molecular flexibility index (Phi) is 3.69. The third kappa shape index (κ3) is 3.37. The van der Waals surface area contributed by atoms with E-state index in [9.17, 15) is 5.11 Å². The van der Waals surface area contributed by atoms with Crippen molar-refractivity contribution in [3.05, 3.63) is 0 Å². The van der Waals surface area contributed by atoms with Crippen LogP contribution in [-0.2, 0) is 0 Å². The van der Waals surface area contributed by atoms with E-state index in [1.807, 2.05) is 6.92 Å². The molecule has 0 radical (unpaired) electrons. The normalized spacial score (nSPS) is 12.9. The van der Waals surface area contributed by atoms with Crippen LogP contribution in [0.25, 0.3) is 0 Å². The molecule has 0 atom stereocenters. The Balaban J connectivity index is 5.13. The van der Waals surface area contributed by atoms with Gasteiger partial charge in [-0.1, -0.05) is 39.3 Å². The van der Waals surface area contributed by atoms with Crippen LogP contribution in [0.3, 0.4) is 0 Å². The topological polar surface area (TPSA) is 20.2 Å². The van der Waals surface area contributed by atoms with Crippen molar-refractivity contribution >= 4 is 28.0 Å².